The zero-order valence-electron chi connectivity index (χ0n) is 19.5. The van der Waals surface area contributed by atoms with E-state index in [4.69, 9.17) is 4.98 Å². The third-order valence-corrected chi connectivity index (χ3v) is 6.63. The van der Waals surface area contributed by atoms with Crippen LogP contribution in [0.2, 0.25) is 0 Å². The van der Waals surface area contributed by atoms with Crippen LogP contribution >= 0.6 is 0 Å². The second kappa shape index (κ2) is 8.87. The first kappa shape index (κ1) is 23.0. The fraction of sp³-hybridized carbons (Fsp3) is 0.0769. The molecule has 0 bridgehead atoms. The largest absolute Gasteiger partial charge is 0.353 e. The van der Waals surface area contributed by atoms with E-state index in [1.165, 1.54) is 12.1 Å². The Labute approximate surface area is 210 Å². The van der Waals surface area contributed by atoms with E-state index in [-0.39, 0.29) is 6.54 Å². The summed E-state index contributed by atoms with van der Waals surface area (Å²) in [4.78, 5) is 16.8. The highest BCUT2D eigenvalue weighted by Gasteiger charge is 2.17. The molecule has 11 heteroatoms. The molecular weight excluding hydrogens is 493 g/mol. The molecule has 9 nitrogen and oxygen atoms in total. The summed E-state index contributed by atoms with van der Waals surface area (Å²) in [6.45, 7) is -0.0251. The lowest BCUT2D eigenvalue weighted by molar-refractivity contribution is 0.586. The molecule has 0 atom stereocenters. The first-order valence-corrected chi connectivity index (χ1v) is 13.2. The van der Waals surface area contributed by atoms with Gasteiger partial charge in [-0.3, -0.25) is 15.1 Å². The number of nitrogens with one attached hydrogen (secondary N) is 3. The summed E-state index contributed by atoms with van der Waals surface area (Å²) in [6.07, 6.45) is 6.14. The summed E-state index contributed by atoms with van der Waals surface area (Å²) < 4.78 is 39.9. The fourth-order valence-electron chi connectivity index (χ4n) is 4.29. The molecule has 0 amide bonds. The van der Waals surface area contributed by atoms with Crippen LogP contribution in [-0.4, -0.2) is 44.8 Å². The summed E-state index contributed by atoms with van der Waals surface area (Å²) in [7, 11) is -3.42. The molecule has 0 aliphatic carbocycles. The zero-order chi connectivity index (χ0) is 25.6. The van der Waals surface area contributed by atoms with E-state index in [1.54, 1.807) is 24.7 Å². The number of nitrogens with zero attached hydrogens (tertiary/aromatic N) is 4. The van der Waals surface area contributed by atoms with Gasteiger partial charge in [-0.2, -0.15) is 5.10 Å². The lowest BCUT2D eigenvalue weighted by atomic mass is 10.0. The summed E-state index contributed by atoms with van der Waals surface area (Å²) >= 11 is 0. The number of hydrogen-bond acceptors (Lipinski definition) is 6. The smallest absolute Gasteiger partial charge is 0.209 e. The van der Waals surface area contributed by atoms with Crippen LogP contribution in [0, 0.1) is 5.82 Å². The molecule has 1 aromatic carbocycles. The zero-order valence-corrected chi connectivity index (χ0v) is 20.3. The number of benzene rings is 1. The van der Waals surface area contributed by atoms with Crippen LogP contribution in [0.15, 0.2) is 73.2 Å². The highest BCUT2D eigenvalue weighted by atomic mass is 32.2. The number of aromatic nitrogens is 6. The van der Waals surface area contributed by atoms with E-state index >= 15 is 0 Å². The van der Waals surface area contributed by atoms with E-state index in [1.807, 2.05) is 36.4 Å². The third kappa shape index (κ3) is 4.57. The molecule has 3 N–H and O–H groups in total. The molecule has 0 unspecified atom stereocenters. The Morgan fingerprint density at radius 2 is 1.76 bits per heavy atom. The molecule has 37 heavy (non-hydrogen) atoms. The first-order chi connectivity index (χ1) is 17.8. The van der Waals surface area contributed by atoms with Crippen LogP contribution in [0.3, 0.4) is 0 Å². The number of sulfonamides is 1. The van der Waals surface area contributed by atoms with Crippen LogP contribution in [-0.2, 0) is 16.6 Å². The Morgan fingerprint density at radius 3 is 2.57 bits per heavy atom. The van der Waals surface area contributed by atoms with Gasteiger partial charge in [0, 0.05) is 47.2 Å². The normalized spacial score (nSPS) is 11.9. The van der Waals surface area contributed by atoms with Crippen molar-refractivity contribution in [2.45, 2.75) is 6.54 Å². The van der Waals surface area contributed by atoms with Gasteiger partial charge in [-0.15, -0.1) is 0 Å². The van der Waals surface area contributed by atoms with E-state index in [2.05, 4.69) is 29.9 Å². The maximum absolute atomic E-state index is 14.5. The summed E-state index contributed by atoms with van der Waals surface area (Å²) in [5, 5.41) is 8.30. The second-order valence-corrected chi connectivity index (χ2v) is 10.5. The molecule has 5 heterocycles. The number of fused-ring (bicyclic) bond motifs is 2. The van der Waals surface area contributed by atoms with Gasteiger partial charge in [-0.25, -0.2) is 22.5 Å². The second-order valence-electron chi connectivity index (χ2n) is 8.65. The molecule has 0 aliphatic rings. The lowest BCUT2D eigenvalue weighted by Gasteiger charge is -2.07. The average molecular weight is 514 g/mol. The van der Waals surface area contributed by atoms with Gasteiger partial charge in [0.1, 0.15) is 17.0 Å². The van der Waals surface area contributed by atoms with Crippen molar-refractivity contribution < 1.29 is 12.8 Å². The van der Waals surface area contributed by atoms with Gasteiger partial charge in [-0.1, -0.05) is 0 Å². The highest BCUT2D eigenvalue weighted by molar-refractivity contribution is 7.88. The number of hydrogen-bond donors (Lipinski definition) is 3. The monoisotopic (exact) mass is 513 g/mol. The highest BCUT2D eigenvalue weighted by Crippen LogP contribution is 2.33. The molecule has 6 rings (SSSR count). The van der Waals surface area contributed by atoms with Gasteiger partial charge in [0.2, 0.25) is 10.0 Å². The quantitative estimate of drug-likeness (QED) is 0.302. The molecule has 5 aromatic heterocycles. The number of halogens is 1. The van der Waals surface area contributed by atoms with E-state index in [9.17, 15) is 12.8 Å². The first-order valence-electron chi connectivity index (χ1n) is 11.3. The van der Waals surface area contributed by atoms with Crippen molar-refractivity contribution in [3.8, 4) is 33.9 Å². The average Bonchev–Trinajstić information content (AvgIpc) is 3.51. The van der Waals surface area contributed by atoms with Gasteiger partial charge < -0.3 is 4.98 Å². The minimum absolute atomic E-state index is 0.0251. The SMILES string of the molecule is CS(=O)(=O)NCc1cc(F)cc(-c2nccc3[nH]c(-c4n[nH]c5ccc(-c6ccncc6)nc45)cc23)c1. The summed E-state index contributed by atoms with van der Waals surface area (Å²) in [5.41, 5.74) is 6.98. The Morgan fingerprint density at radius 1 is 0.919 bits per heavy atom. The van der Waals surface area contributed by atoms with E-state index in [0.29, 0.717) is 28.0 Å². The van der Waals surface area contributed by atoms with Crippen molar-refractivity contribution in [3.05, 3.63) is 84.6 Å². The minimum atomic E-state index is -3.42. The molecule has 0 saturated carbocycles. The van der Waals surface area contributed by atoms with Crippen LogP contribution in [0.1, 0.15) is 5.56 Å². The summed E-state index contributed by atoms with van der Waals surface area (Å²) in [6, 6.07) is 15.8. The van der Waals surface area contributed by atoms with Gasteiger partial charge in [-0.05, 0) is 60.2 Å². The van der Waals surface area contributed by atoms with Crippen molar-refractivity contribution in [2.75, 3.05) is 6.26 Å². The van der Waals surface area contributed by atoms with Gasteiger partial charge in [0.05, 0.1) is 28.9 Å². The summed E-state index contributed by atoms with van der Waals surface area (Å²) in [5.74, 6) is -0.483. The van der Waals surface area contributed by atoms with Crippen LogP contribution in [0.5, 0.6) is 0 Å². The number of H-pyrrole nitrogens is 2. The predicted molar refractivity (Wildman–Crippen MR) is 139 cm³/mol. The van der Waals surface area contributed by atoms with Crippen molar-refractivity contribution >= 4 is 32.0 Å². The minimum Gasteiger partial charge on any atom is -0.353 e. The number of pyridine rings is 3. The molecule has 0 aliphatic heterocycles. The Balaban J connectivity index is 1.44. The predicted octanol–water partition coefficient (Wildman–Crippen LogP) is 4.42. The van der Waals surface area contributed by atoms with Gasteiger partial charge in [0.25, 0.3) is 0 Å². The molecule has 6 aromatic rings. The van der Waals surface area contributed by atoms with E-state index in [0.717, 1.165) is 39.6 Å². The maximum atomic E-state index is 14.5. The number of rotatable bonds is 6. The topological polar surface area (TPSA) is 129 Å². The van der Waals surface area contributed by atoms with Crippen LogP contribution < -0.4 is 4.72 Å². The van der Waals surface area contributed by atoms with Gasteiger partial charge in [0.15, 0.2) is 0 Å². The Bertz CT molecular complexity index is 1880. The maximum Gasteiger partial charge on any atom is 0.209 e. The van der Waals surface area contributed by atoms with Gasteiger partial charge >= 0.3 is 0 Å². The standard InChI is InChI=1S/C26H20FN7O2S/c1-37(35,36)30-14-15-10-17(12-18(27)11-15)24-19-13-23(31-21(19)6-9-29-24)26-25-22(33-34-26)3-2-20(32-25)16-4-7-28-8-5-16/h2-13,30-31H,14H2,1H3,(H,33,34). The lowest BCUT2D eigenvalue weighted by Crippen LogP contribution is -2.21. The van der Waals surface area contributed by atoms with E-state index < -0.39 is 15.8 Å². The van der Waals surface area contributed by atoms with Crippen molar-refractivity contribution in [1.82, 2.24) is 34.9 Å². The third-order valence-electron chi connectivity index (χ3n) is 5.96. The van der Waals surface area contributed by atoms with Crippen LogP contribution in [0.25, 0.3) is 55.8 Å². The molecule has 0 radical (unpaired) electrons. The van der Waals surface area contributed by atoms with Crippen LogP contribution in [0.4, 0.5) is 4.39 Å². The number of aromatic amines is 2. The van der Waals surface area contributed by atoms with Crippen molar-refractivity contribution in [2.24, 2.45) is 0 Å². The Kier molecular flexibility index (Phi) is 5.50. The fourth-order valence-corrected chi connectivity index (χ4v) is 4.71. The Hall–Kier alpha value is -4.48. The molecule has 0 fully saturated rings. The van der Waals surface area contributed by atoms with Crippen molar-refractivity contribution in [3.63, 3.8) is 0 Å². The molecule has 0 spiro atoms. The van der Waals surface area contributed by atoms with Crippen molar-refractivity contribution in [1.29, 1.82) is 0 Å². The molecule has 0 saturated heterocycles. The molecule has 184 valence electrons. The molecular formula is C26H20FN7O2S.